The zero-order valence-electron chi connectivity index (χ0n) is 9.70. The SMILES string of the molecule is COCCCSc1c(F)cccc1[C@H](C)N. The van der Waals surface area contributed by atoms with E-state index in [1.807, 2.05) is 13.0 Å². The van der Waals surface area contributed by atoms with Crippen LogP contribution in [0.2, 0.25) is 0 Å². The molecule has 4 heteroatoms. The van der Waals surface area contributed by atoms with Crippen LogP contribution in [0, 0.1) is 5.82 Å². The third-order valence-corrected chi connectivity index (χ3v) is 3.44. The standard InChI is InChI=1S/C12H18FNOS/c1-9(14)10-5-3-6-11(13)12(10)16-8-4-7-15-2/h3,5-6,9H,4,7-8,14H2,1-2H3/t9-/m0/s1. The Morgan fingerprint density at radius 1 is 1.50 bits per heavy atom. The first-order valence-corrected chi connectivity index (χ1v) is 6.31. The molecule has 0 unspecified atom stereocenters. The molecule has 0 spiro atoms. The van der Waals surface area contributed by atoms with Gasteiger partial charge in [0.2, 0.25) is 0 Å². The average molecular weight is 243 g/mol. The Morgan fingerprint density at radius 2 is 2.25 bits per heavy atom. The van der Waals surface area contributed by atoms with Crippen molar-refractivity contribution in [1.29, 1.82) is 0 Å². The van der Waals surface area contributed by atoms with Crippen LogP contribution >= 0.6 is 11.8 Å². The lowest BCUT2D eigenvalue weighted by Crippen LogP contribution is -2.07. The molecule has 0 aromatic heterocycles. The average Bonchev–Trinajstić information content (AvgIpc) is 2.25. The van der Waals surface area contributed by atoms with Crippen LogP contribution in [-0.4, -0.2) is 19.5 Å². The van der Waals surface area contributed by atoms with Gasteiger partial charge in [0.15, 0.2) is 0 Å². The first kappa shape index (κ1) is 13.5. The number of halogens is 1. The molecule has 0 fully saturated rings. The summed E-state index contributed by atoms with van der Waals surface area (Å²) in [6, 6.07) is 4.92. The molecular weight excluding hydrogens is 225 g/mol. The Kier molecular flexibility index (Phi) is 5.80. The number of methoxy groups -OCH3 is 1. The van der Waals surface area contributed by atoms with E-state index in [0.29, 0.717) is 11.5 Å². The van der Waals surface area contributed by atoms with Gasteiger partial charge in [-0.15, -0.1) is 11.8 Å². The smallest absolute Gasteiger partial charge is 0.137 e. The minimum absolute atomic E-state index is 0.138. The van der Waals surface area contributed by atoms with Crippen LogP contribution in [0.15, 0.2) is 23.1 Å². The molecule has 1 aromatic carbocycles. The second kappa shape index (κ2) is 6.89. The Balaban J connectivity index is 2.69. The fourth-order valence-corrected chi connectivity index (χ4v) is 2.51. The second-order valence-electron chi connectivity index (χ2n) is 3.64. The van der Waals surface area contributed by atoms with Gasteiger partial charge in [0, 0.05) is 30.4 Å². The molecule has 0 heterocycles. The number of ether oxygens (including phenoxy) is 1. The summed E-state index contributed by atoms with van der Waals surface area (Å²) < 4.78 is 18.6. The molecule has 0 amide bonds. The number of thioether (sulfide) groups is 1. The van der Waals surface area contributed by atoms with Crippen molar-refractivity contribution in [3.05, 3.63) is 29.6 Å². The number of hydrogen-bond acceptors (Lipinski definition) is 3. The van der Waals surface area contributed by atoms with Crippen molar-refractivity contribution in [3.63, 3.8) is 0 Å². The van der Waals surface area contributed by atoms with Crippen molar-refractivity contribution in [3.8, 4) is 0 Å². The summed E-state index contributed by atoms with van der Waals surface area (Å²) in [7, 11) is 1.67. The highest BCUT2D eigenvalue weighted by molar-refractivity contribution is 7.99. The predicted octanol–water partition coefficient (Wildman–Crippen LogP) is 2.97. The lowest BCUT2D eigenvalue weighted by atomic mass is 10.1. The molecule has 0 aliphatic heterocycles. The molecule has 0 aliphatic rings. The lowest BCUT2D eigenvalue weighted by molar-refractivity contribution is 0.200. The Morgan fingerprint density at radius 3 is 2.88 bits per heavy atom. The zero-order chi connectivity index (χ0) is 12.0. The third kappa shape index (κ3) is 3.77. The normalized spacial score (nSPS) is 12.8. The fraction of sp³-hybridized carbons (Fsp3) is 0.500. The minimum Gasteiger partial charge on any atom is -0.385 e. The maximum atomic E-state index is 13.6. The van der Waals surface area contributed by atoms with E-state index in [9.17, 15) is 4.39 Å². The van der Waals surface area contributed by atoms with Crippen LogP contribution in [0.3, 0.4) is 0 Å². The van der Waals surface area contributed by atoms with E-state index < -0.39 is 0 Å². The van der Waals surface area contributed by atoms with E-state index in [2.05, 4.69) is 0 Å². The minimum atomic E-state index is -0.183. The molecule has 2 N–H and O–H groups in total. The topological polar surface area (TPSA) is 35.2 Å². The van der Waals surface area contributed by atoms with E-state index in [-0.39, 0.29) is 11.9 Å². The molecule has 0 saturated carbocycles. The van der Waals surface area contributed by atoms with Gasteiger partial charge in [0.1, 0.15) is 5.82 Å². The first-order valence-electron chi connectivity index (χ1n) is 5.32. The van der Waals surface area contributed by atoms with E-state index in [1.165, 1.54) is 17.8 Å². The number of rotatable bonds is 6. The molecule has 0 saturated heterocycles. The van der Waals surface area contributed by atoms with Crippen molar-refractivity contribution in [2.45, 2.75) is 24.3 Å². The van der Waals surface area contributed by atoms with Crippen LogP contribution in [0.25, 0.3) is 0 Å². The van der Waals surface area contributed by atoms with E-state index >= 15 is 0 Å². The van der Waals surface area contributed by atoms with Gasteiger partial charge in [0.05, 0.1) is 0 Å². The first-order chi connectivity index (χ1) is 7.66. The van der Waals surface area contributed by atoms with Gasteiger partial charge < -0.3 is 10.5 Å². The molecular formula is C12H18FNOS. The van der Waals surface area contributed by atoms with E-state index in [1.54, 1.807) is 13.2 Å². The van der Waals surface area contributed by atoms with Gasteiger partial charge in [-0.05, 0) is 25.0 Å². The van der Waals surface area contributed by atoms with Crippen molar-refractivity contribution in [2.75, 3.05) is 19.5 Å². The van der Waals surface area contributed by atoms with Crippen LogP contribution in [0.5, 0.6) is 0 Å². The van der Waals surface area contributed by atoms with Crippen molar-refractivity contribution < 1.29 is 9.13 Å². The molecule has 2 nitrogen and oxygen atoms in total. The van der Waals surface area contributed by atoms with Crippen LogP contribution in [0.1, 0.15) is 24.9 Å². The zero-order valence-corrected chi connectivity index (χ0v) is 10.5. The molecule has 1 aromatic rings. The van der Waals surface area contributed by atoms with Gasteiger partial charge in [-0.25, -0.2) is 4.39 Å². The molecule has 0 radical (unpaired) electrons. The predicted molar refractivity (Wildman–Crippen MR) is 66.2 cm³/mol. The Labute approximate surface area is 100 Å². The molecule has 16 heavy (non-hydrogen) atoms. The van der Waals surface area contributed by atoms with Gasteiger partial charge in [-0.2, -0.15) is 0 Å². The second-order valence-corrected chi connectivity index (χ2v) is 4.75. The highest BCUT2D eigenvalue weighted by atomic mass is 32.2. The third-order valence-electron chi connectivity index (χ3n) is 2.23. The summed E-state index contributed by atoms with van der Waals surface area (Å²) in [6.45, 7) is 2.57. The summed E-state index contributed by atoms with van der Waals surface area (Å²) in [5.41, 5.74) is 6.69. The van der Waals surface area contributed by atoms with Crippen molar-refractivity contribution in [2.24, 2.45) is 5.73 Å². The summed E-state index contributed by atoms with van der Waals surface area (Å²) in [5.74, 6) is 0.659. The maximum Gasteiger partial charge on any atom is 0.137 e. The number of hydrogen-bond donors (Lipinski definition) is 1. The Bertz CT molecular complexity index is 331. The van der Waals surface area contributed by atoms with Gasteiger partial charge in [0.25, 0.3) is 0 Å². The van der Waals surface area contributed by atoms with Crippen LogP contribution < -0.4 is 5.73 Å². The fourth-order valence-electron chi connectivity index (χ4n) is 1.41. The van der Waals surface area contributed by atoms with E-state index in [0.717, 1.165) is 17.7 Å². The van der Waals surface area contributed by atoms with Crippen molar-refractivity contribution in [1.82, 2.24) is 0 Å². The van der Waals surface area contributed by atoms with Gasteiger partial charge in [-0.3, -0.25) is 0 Å². The number of benzene rings is 1. The summed E-state index contributed by atoms with van der Waals surface area (Å²) in [4.78, 5) is 0.675. The van der Waals surface area contributed by atoms with Gasteiger partial charge in [-0.1, -0.05) is 12.1 Å². The maximum absolute atomic E-state index is 13.6. The molecule has 1 atom stereocenters. The lowest BCUT2D eigenvalue weighted by Gasteiger charge is -2.12. The van der Waals surface area contributed by atoms with E-state index in [4.69, 9.17) is 10.5 Å². The van der Waals surface area contributed by atoms with Crippen LogP contribution in [0.4, 0.5) is 4.39 Å². The Hall–Kier alpha value is -0.580. The quantitative estimate of drug-likeness (QED) is 0.616. The van der Waals surface area contributed by atoms with Crippen molar-refractivity contribution >= 4 is 11.8 Å². The summed E-state index contributed by atoms with van der Waals surface area (Å²) in [5, 5.41) is 0. The molecule has 90 valence electrons. The summed E-state index contributed by atoms with van der Waals surface area (Å²) in [6.07, 6.45) is 0.911. The molecule has 0 bridgehead atoms. The number of nitrogens with two attached hydrogens (primary N) is 1. The summed E-state index contributed by atoms with van der Waals surface area (Å²) >= 11 is 1.51. The molecule has 1 rings (SSSR count). The molecule has 0 aliphatic carbocycles. The van der Waals surface area contributed by atoms with Crippen LogP contribution in [-0.2, 0) is 4.74 Å². The highest BCUT2D eigenvalue weighted by Gasteiger charge is 2.11. The monoisotopic (exact) mass is 243 g/mol. The highest BCUT2D eigenvalue weighted by Crippen LogP contribution is 2.29. The largest absolute Gasteiger partial charge is 0.385 e. The van der Waals surface area contributed by atoms with Gasteiger partial charge >= 0.3 is 0 Å².